The Labute approximate surface area is 214 Å². The summed E-state index contributed by atoms with van der Waals surface area (Å²) in [5.74, 6) is 1.14. The van der Waals surface area contributed by atoms with E-state index in [-0.39, 0.29) is 17.4 Å². The van der Waals surface area contributed by atoms with Gasteiger partial charge in [0.05, 0.1) is 18.4 Å². The van der Waals surface area contributed by atoms with E-state index in [1.165, 1.54) is 11.5 Å². The first kappa shape index (κ1) is 32.4. The van der Waals surface area contributed by atoms with Gasteiger partial charge in [0.2, 0.25) is 0 Å². The number of aromatic nitrogens is 3. The molecule has 3 rings (SSSR count). The van der Waals surface area contributed by atoms with Crippen LogP contribution < -0.4 is 10.4 Å². The van der Waals surface area contributed by atoms with Crippen LogP contribution in [-0.4, -0.2) is 45.5 Å². The Kier molecular flexibility index (Phi) is 15.2. The largest absolute Gasteiger partial charge is 0.507 e. The number of ether oxygens (including phenoxy) is 1. The van der Waals surface area contributed by atoms with Crippen LogP contribution in [0.1, 0.15) is 70.6 Å². The summed E-state index contributed by atoms with van der Waals surface area (Å²) in [6.07, 6.45) is 5.80. The van der Waals surface area contributed by atoms with Crippen molar-refractivity contribution in [2.45, 2.75) is 60.8 Å². The van der Waals surface area contributed by atoms with E-state index in [2.05, 4.69) is 23.2 Å². The summed E-state index contributed by atoms with van der Waals surface area (Å²) >= 11 is 0. The molecule has 0 atom stereocenters. The quantitative estimate of drug-likeness (QED) is 0.378. The number of methoxy groups -OCH3 is 1. The summed E-state index contributed by atoms with van der Waals surface area (Å²) < 4.78 is 6.88. The lowest BCUT2D eigenvalue weighted by Crippen LogP contribution is -2.16. The number of carbonyl (C=O) groups is 1. The predicted molar refractivity (Wildman–Crippen MR) is 147 cm³/mol. The van der Waals surface area contributed by atoms with Crippen LogP contribution in [0.25, 0.3) is 23.2 Å². The molecule has 0 spiro atoms. The average Bonchev–Trinajstić information content (AvgIpc) is 3.27. The van der Waals surface area contributed by atoms with Gasteiger partial charge in [-0.05, 0) is 61.1 Å². The number of aliphatic hydroxyl groups is 1. The molecule has 0 aliphatic carbocycles. The van der Waals surface area contributed by atoms with Gasteiger partial charge >= 0.3 is 5.69 Å². The molecule has 0 saturated carbocycles. The fourth-order valence-corrected chi connectivity index (χ4v) is 3.30. The van der Waals surface area contributed by atoms with E-state index in [9.17, 15) is 9.90 Å². The number of aryl methyl sites for hydroxylation is 1. The van der Waals surface area contributed by atoms with Crippen molar-refractivity contribution < 1.29 is 19.7 Å². The van der Waals surface area contributed by atoms with E-state index < -0.39 is 0 Å². The van der Waals surface area contributed by atoms with Gasteiger partial charge in [-0.1, -0.05) is 52.8 Å². The van der Waals surface area contributed by atoms with Gasteiger partial charge in [-0.3, -0.25) is 0 Å². The molecule has 198 valence electrons. The number of aromatic hydroxyl groups is 1. The molecule has 8 nitrogen and oxygen atoms in total. The third-order valence-electron chi connectivity index (χ3n) is 4.94. The summed E-state index contributed by atoms with van der Waals surface area (Å²) in [4.78, 5) is 21.4. The Balaban J connectivity index is 0.00000159. The third-order valence-corrected chi connectivity index (χ3v) is 4.94. The maximum atomic E-state index is 12.6. The first-order valence-corrected chi connectivity index (χ1v) is 12.0. The Hall–Kier alpha value is -3.65. The minimum atomic E-state index is -0.365. The summed E-state index contributed by atoms with van der Waals surface area (Å²) in [5.41, 5.74) is 3.87. The minimum absolute atomic E-state index is 0.00436. The highest BCUT2D eigenvalue weighted by molar-refractivity contribution is 5.70. The molecule has 2 aromatic carbocycles. The van der Waals surface area contributed by atoms with Gasteiger partial charge in [0.1, 0.15) is 17.8 Å². The molecular formula is C28H41N3O5. The van der Waals surface area contributed by atoms with Crippen molar-refractivity contribution in [3.8, 4) is 28.6 Å². The van der Waals surface area contributed by atoms with Crippen LogP contribution in [0.3, 0.4) is 0 Å². The number of hydrogen-bond acceptors (Lipinski definition) is 6. The molecule has 0 amide bonds. The lowest BCUT2D eigenvalue weighted by molar-refractivity contribution is -0.106. The number of nitrogens with zero attached hydrogens (tertiary/aromatic N) is 2. The average molecular weight is 500 g/mol. The van der Waals surface area contributed by atoms with Crippen LogP contribution in [0.2, 0.25) is 0 Å². The number of phenolic OH excluding ortho intramolecular Hbond substituents is 1. The predicted octanol–water partition coefficient (Wildman–Crippen LogP) is 5.64. The maximum Gasteiger partial charge on any atom is 0.348 e. The minimum Gasteiger partial charge on any atom is -0.507 e. The second kappa shape index (κ2) is 16.9. The van der Waals surface area contributed by atoms with Gasteiger partial charge in [0.25, 0.3) is 0 Å². The molecule has 0 unspecified atom stereocenters. The fourth-order valence-electron chi connectivity index (χ4n) is 3.30. The number of aliphatic hydroxyl groups excluding tert-OH is 1. The third kappa shape index (κ3) is 8.23. The zero-order chi connectivity index (χ0) is 27.8. The van der Waals surface area contributed by atoms with Gasteiger partial charge in [0, 0.05) is 13.2 Å². The van der Waals surface area contributed by atoms with Crippen molar-refractivity contribution in [3.63, 3.8) is 0 Å². The highest BCUT2D eigenvalue weighted by Crippen LogP contribution is 2.37. The molecule has 3 aromatic rings. The molecule has 3 N–H and O–H groups in total. The van der Waals surface area contributed by atoms with Crippen LogP contribution in [-0.2, 0) is 4.79 Å². The second-order valence-electron chi connectivity index (χ2n) is 7.54. The van der Waals surface area contributed by atoms with Crippen molar-refractivity contribution in [2.24, 2.45) is 0 Å². The van der Waals surface area contributed by atoms with E-state index in [1.54, 1.807) is 13.2 Å². The van der Waals surface area contributed by atoms with Gasteiger partial charge in [-0.15, -0.1) is 0 Å². The molecule has 0 fully saturated rings. The van der Waals surface area contributed by atoms with E-state index in [0.717, 1.165) is 36.5 Å². The monoisotopic (exact) mass is 499 g/mol. The highest BCUT2D eigenvalue weighted by Gasteiger charge is 2.20. The lowest BCUT2D eigenvalue weighted by Gasteiger charge is -2.15. The van der Waals surface area contributed by atoms with E-state index >= 15 is 0 Å². The van der Waals surface area contributed by atoms with Gasteiger partial charge in [0.15, 0.2) is 5.82 Å². The first-order chi connectivity index (χ1) is 17.3. The number of hydrogen-bond donors (Lipinski definition) is 3. The van der Waals surface area contributed by atoms with Crippen LogP contribution in [0, 0.1) is 6.92 Å². The van der Waals surface area contributed by atoms with Crippen LogP contribution >= 0.6 is 0 Å². The summed E-state index contributed by atoms with van der Waals surface area (Å²) in [5, 5.41) is 24.3. The number of rotatable bonds is 6. The molecule has 0 aliphatic rings. The van der Waals surface area contributed by atoms with Crippen molar-refractivity contribution in [3.05, 3.63) is 63.6 Å². The molecular weight excluding hydrogens is 458 g/mol. The topological polar surface area (TPSA) is 117 Å². The molecule has 0 bridgehead atoms. The Morgan fingerprint density at radius 3 is 2.31 bits per heavy atom. The van der Waals surface area contributed by atoms with Crippen LogP contribution in [0.15, 0.2) is 41.2 Å². The van der Waals surface area contributed by atoms with E-state index in [1.807, 2.05) is 65.0 Å². The first-order valence-electron chi connectivity index (χ1n) is 12.0. The molecule has 1 aromatic heterocycles. The standard InChI is InChI=1S/C23H27N3O3.C2H4O.C2H6.CH4O/c1-6-7-8-16-11-17(10-9-15(16)4)26-22(24-25-23(26)28)19-12-18(14(2)3)21(29-5)13-20(19)27;1-2-3;2*1-2/h7-14,27H,6H2,1-5H3,(H,25,28);2H,1H3;1-2H3;2H,1H3/b8-7-;;;. The highest BCUT2D eigenvalue weighted by atomic mass is 16.5. The summed E-state index contributed by atoms with van der Waals surface area (Å²) in [7, 11) is 2.57. The number of aromatic amines is 1. The molecule has 8 heteroatoms. The number of carbonyl (C=O) groups excluding carboxylic acids is 1. The van der Waals surface area contributed by atoms with Crippen molar-refractivity contribution in [1.82, 2.24) is 14.8 Å². The number of nitrogens with one attached hydrogen (secondary N) is 1. The Morgan fingerprint density at radius 1 is 1.17 bits per heavy atom. The normalized spacial score (nSPS) is 9.97. The van der Waals surface area contributed by atoms with Crippen molar-refractivity contribution in [1.29, 1.82) is 0 Å². The van der Waals surface area contributed by atoms with Gasteiger partial charge < -0.3 is 19.7 Å². The summed E-state index contributed by atoms with van der Waals surface area (Å²) in [6, 6.07) is 9.20. The number of phenols is 1. The number of aldehydes is 1. The fraction of sp³-hybridized carbons (Fsp3) is 0.393. The smallest absolute Gasteiger partial charge is 0.348 e. The molecule has 1 heterocycles. The van der Waals surface area contributed by atoms with Crippen LogP contribution in [0.5, 0.6) is 11.5 Å². The lowest BCUT2D eigenvalue weighted by atomic mass is 9.98. The van der Waals surface area contributed by atoms with E-state index in [0.29, 0.717) is 22.8 Å². The second-order valence-corrected chi connectivity index (χ2v) is 7.54. The van der Waals surface area contributed by atoms with Crippen molar-refractivity contribution >= 4 is 12.4 Å². The number of benzene rings is 2. The number of H-pyrrole nitrogens is 1. The maximum absolute atomic E-state index is 12.6. The van der Waals surface area contributed by atoms with Gasteiger partial charge in [-0.25, -0.2) is 14.5 Å². The molecule has 0 radical (unpaired) electrons. The van der Waals surface area contributed by atoms with E-state index in [4.69, 9.17) is 14.6 Å². The van der Waals surface area contributed by atoms with Crippen molar-refractivity contribution in [2.75, 3.05) is 14.2 Å². The number of allylic oxidation sites excluding steroid dienone is 1. The summed E-state index contributed by atoms with van der Waals surface area (Å²) in [6.45, 7) is 13.6. The molecule has 36 heavy (non-hydrogen) atoms. The zero-order valence-corrected chi connectivity index (χ0v) is 22.9. The Bertz CT molecular complexity index is 1160. The van der Waals surface area contributed by atoms with Gasteiger partial charge in [-0.2, -0.15) is 5.10 Å². The zero-order valence-electron chi connectivity index (χ0n) is 22.9. The molecule has 0 saturated heterocycles. The SMILES string of the molecule is CC.CC/C=C\c1cc(-n2c(-c3cc(C(C)C)c(OC)cc3O)n[nH]c2=O)ccc1C.CC=O.CO. The molecule has 0 aliphatic heterocycles. The Morgan fingerprint density at radius 2 is 1.78 bits per heavy atom. The van der Waals surface area contributed by atoms with Crippen LogP contribution in [0.4, 0.5) is 0 Å².